The minimum absolute atomic E-state index is 0.0543. The zero-order valence-corrected chi connectivity index (χ0v) is 11.0. The van der Waals surface area contributed by atoms with E-state index in [1.807, 2.05) is 24.3 Å². The molecule has 1 aromatic carbocycles. The summed E-state index contributed by atoms with van der Waals surface area (Å²) in [6.45, 7) is 6.81. The van der Waals surface area contributed by atoms with Gasteiger partial charge < -0.3 is 5.73 Å². The summed E-state index contributed by atoms with van der Waals surface area (Å²) >= 11 is 3.49. The molecular formula is C12H17BrN2. The molecule has 0 fully saturated rings. The highest BCUT2D eigenvalue weighted by Crippen LogP contribution is 2.18. The third-order valence-corrected chi connectivity index (χ3v) is 2.92. The Hall–Kier alpha value is -0.830. The Kier molecular flexibility index (Phi) is 3.91. The monoisotopic (exact) mass is 268 g/mol. The Morgan fingerprint density at radius 1 is 1.33 bits per heavy atom. The van der Waals surface area contributed by atoms with Crippen molar-refractivity contribution in [1.29, 1.82) is 0 Å². The normalized spacial score (nSPS) is 12.9. The first-order valence-electron chi connectivity index (χ1n) is 4.95. The Morgan fingerprint density at radius 2 is 1.93 bits per heavy atom. The van der Waals surface area contributed by atoms with E-state index >= 15 is 0 Å². The van der Waals surface area contributed by atoms with Gasteiger partial charge in [-0.1, -0.05) is 54.9 Å². The van der Waals surface area contributed by atoms with Crippen LogP contribution in [0.5, 0.6) is 0 Å². The van der Waals surface area contributed by atoms with Crippen molar-refractivity contribution in [3.63, 3.8) is 0 Å². The largest absolute Gasteiger partial charge is 0.387 e. The van der Waals surface area contributed by atoms with E-state index in [-0.39, 0.29) is 5.41 Å². The molecule has 0 amide bonds. The van der Waals surface area contributed by atoms with E-state index in [9.17, 15) is 0 Å². The molecular weight excluding hydrogens is 252 g/mol. The fourth-order valence-corrected chi connectivity index (χ4v) is 1.44. The third-order valence-electron chi connectivity index (χ3n) is 2.15. The number of amidine groups is 1. The van der Waals surface area contributed by atoms with Gasteiger partial charge in [0.15, 0.2) is 0 Å². The van der Waals surface area contributed by atoms with Gasteiger partial charge in [0.05, 0.1) is 12.4 Å². The fourth-order valence-electron chi connectivity index (χ4n) is 1.03. The summed E-state index contributed by atoms with van der Waals surface area (Å²) < 4.78 is 1.08. The van der Waals surface area contributed by atoms with Crippen LogP contribution in [0.15, 0.2) is 33.7 Å². The molecule has 0 saturated carbocycles. The standard InChI is InChI=1S/C12H17BrN2/c1-12(2,3)11(14)15-8-9-6-4-5-7-10(9)13/h4-7H,8H2,1-3H3,(H2,14,15). The smallest absolute Gasteiger partial charge is 0.0995 e. The minimum atomic E-state index is -0.0543. The van der Waals surface area contributed by atoms with Crippen LogP contribution in [-0.4, -0.2) is 5.84 Å². The van der Waals surface area contributed by atoms with Crippen LogP contribution in [-0.2, 0) is 6.54 Å². The molecule has 0 saturated heterocycles. The lowest BCUT2D eigenvalue weighted by Crippen LogP contribution is -2.29. The molecule has 0 aliphatic rings. The van der Waals surface area contributed by atoms with Gasteiger partial charge in [-0.15, -0.1) is 0 Å². The van der Waals surface area contributed by atoms with Crippen molar-refractivity contribution in [2.24, 2.45) is 16.1 Å². The van der Waals surface area contributed by atoms with Crippen molar-refractivity contribution in [1.82, 2.24) is 0 Å². The molecule has 2 N–H and O–H groups in total. The Bertz CT molecular complexity index is 364. The maximum Gasteiger partial charge on any atom is 0.0995 e. The second-order valence-corrected chi connectivity index (χ2v) is 5.40. The van der Waals surface area contributed by atoms with Gasteiger partial charge in [-0.05, 0) is 11.6 Å². The zero-order chi connectivity index (χ0) is 11.5. The minimum Gasteiger partial charge on any atom is -0.387 e. The van der Waals surface area contributed by atoms with E-state index in [4.69, 9.17) is 5.73 Å². The van der Waals surface area contributed by atoms with Gasteiger partial charge in [0.25, 0.3) is 0 Å². The van der Waals surface area contributed by atoms with Gasteiger partial charge in [-0.3, -0.25) is 4.99 Å². The zero-order valence-electron chi connectivity index (χ0n) is 9.42. The van der Waals surface area contributed by atoms with Gasteiger partial charge >= 0.3 is 0 Å². The second kappa shape index (κ2) is 4.79. The average molecular weight is 269 g/mol. The van der Waals surface area contributed by atoms with Crippen LogP contribution in [0, 0.1) is 5.41 Å². The van der Waals surface area contributed by atoms with E-state index in [2.05, 4.69) is 41.7 Å². The van der Waals surface area contributed by atoms with Crippen molar-refractivity contribution in [2.45, 2.75) is 27.3 Å². The first kappa shape index (κ1) is 12.2. The summed E-state index contributed by atoms with van der Waals surface area (Å²) in [5, 5.41) is 0. The predicted molar refractivity (Wildman–Crippen MR) is 68.9 cm³/mol. The summed E-state index contributed by atoms with van der Waals surface area (Å²) in [4.78, 5) is 4.39. The third kappa shape index (κ3) is 3.67. The lowest BCUT2D eigenvalue weighted by molar-refractivity contribution is 0.581. The molecule has 1 aromatic rings. The molecule has 0 aliphatic heterocycles. The highest BCUT2D eigenvalue weighted by atomic mass is 79.9. The van der Waals surface area contributed by atoms with Crippen LogP contribution in [0.2, 0.25) is 0 Å². The first-order chi connectivity index (χ1) is 6.91. The van der Waals surface area contributed by atoms with Crippen molar-refractivity contribution in [2.75, 3.05) is 0 Å². The molecule has 82 valence electrons. The molecule has 0 atom stereocenters. The van der Waals surface area contributed by atoms with Crippen LogP contribution in [0.3, 0.4) is 0 Å². The molecule has 15 heavy (non-hydrogen) atoms. The number of hydrogen-bond acceptors (Lipinski definition) is 1. The highest BCUT2D eigenvalue weighted by molar-refractivity contribution is 9.10. The average Bonchev–Trinajstić information content (AvgIpc) is 2.14. The Morgan fingerprint density at radius 3 is 2.47 bits per heavy atom. The summed E-state index contributed by atoms with van der Waals surface area (Å²) in [6, 6.07) is 8.05. The summed E-state index contributed by atoms with van der Waals surface area (Å²) in [6.07, 6.45) is 0. The number of aliphatic imine (C=N–C) groups is 1. The number of hydrogen-bond donors (Lipinski definition) is 1. The van der Waals surface area contributed by atoms with Gasteiger partial charge in [0, 0.05) is 9.89 Å². The number of nitrogens with two attached hydrogens (primary N) is 1. The molecule has 0 bridgehead atoms. The number of halogens is 1. The van der Waals surface area contributed by atoms with Crippen LogP contribution < -0.4 is 5.73 Å². The molecule has 0 aliphatic carbocycles. The molecule has 0 radical (unpaired) electrons. The number of benzene rings is 1. The molecule has 1 rings (SSSR count). The van der Waals surface area contributed by atoms with Crippen molar-refractivity contribution in [3.8, 4) is 0 Å². The van der Waals surface area contributed by atoms with Gasteiger partial charge in [-0.25, -0.2) is 0 Å². The van der Waals surface area contributed by atoms with Gasteiger partial charge in [-0.2, -0.15) is 0 Å². The first-order valence-corrected chi connectivity index (χ1v) is 5.74. The van der Waals surface area contributed by atoms with E-state index < -0.39 is 0 Å². The van der Waals surface area contributed by atoms with Gasteiger partial charge in [0.2, 0.25) is 0 Å². The quantitative estimate of drug-likeness (QED) is 0.649. The Balaban J connectivity index is 2.77. The molecule has 3 heteroatoms. The lowest BCUT2D eigenvalue weighted by Gasteiger charge is -2.17. The van der Waals surface area contributed by atoms with E-state index in [0.717, 1.165) is 10.0 Å². The topological polar surface area (TPSA) is 38.4 Å². The summed E-state index contributed by atoms with van der Waals surface area (Å²) in [5.74, 6) is 0.693. The number of nitrogens with zero attached hydrogens (tertiary/aromatic N) is 1. The van der Waals surface area contributed by atoms with E-state index in [1.165, 1.54) is 0 Å². The van der Waals surface area contributed by atoms with Crippen LogP contribution in [0.1, 0.15) is 26.3 Å². The van der Waals surface area contributed by atoms with E-state index in [0.29, 0.717) is 12.4 Å². The highest BCUT2D eigenvalue weighted by Gasteiger charge is 2.14. The molecule has 0 spiro atoms. The predicted octanol–water partition coefficient (Wildman–Crippen LogP) is 3.35. The fraction of sp³-hybridized carbons (Fsp3) is 0.417. The van der Waals surface area contributed by atoms with Crippen LogP contribution in [0.25, 0.3) is 0 Å². The summed E-state index contributed by atoms with van der Waals surface area (Å²) in [7, 11) is 0. The molecule has 2 nitrogen and oxygen atoms in total. The molecule has 0 unspecified atom stereocenters. The summed E-state index contributed by atoms with van der Waals surface area (Å²) in [5.41, 5.74) is 6.99. The molecule has 0 aromatic heterocycles. The maximum absolute atomic E-state index is 5.88. The van der Waals surface area contributed by atoms with Crippen molar-refractivity contribution >= 4 is 21.8 Å². The van der Waals surface area contributed by atoms with Crippen LogP contribution >= 0.6 is 15.9 Å². The maximum atomic E-state index is 5.88. The lowest BCUT2D eigenvalue weighted by atomic mass is 9.95. The van der Waals surface area contributed by atoms with Crippen molar-refractivity contribution < 1.29 is 0 Å². The van der Waals surface area contributed by atoms with Gasteiger partial charge in [0.1, 0.15) is 0 Å². The Labute approximate surface area is 99.7 Å². The van der Waals surface area contributed by atoms with Crippen LogP contribution in [0.4, 0.5) is 0 Å². The molecule has 0 heterocycles. The number of rotatable bonds is 2. The SMILES string of the molecule is CC(C)(C)C(N)=NCc1ccccc1Br. The van der Waals surface area contributed by atoms with Crippen molar-refractivity contribution in [3.05, 3.63) is 34.3 Å². The second-order valence-electron chi connectivity index (χ2n) is 4.54. The van der Waals surface area contributed by atoms with E-state index in [1.54, 1.807) is 0 Å².